The van der Waals surface area contributed by atoms with Crippen LogP contribution in [0.3, 0.4) is 0 Å². The summed E-state index contributed by atoms with van der Waals surface area (Å²) in [4.78, 5) is 0. The number of hydrogen-bond donors (Lipinski definition) is 0. The van der Waals surface area contributed by atoms with Gasteiger partial charge in [-0.2, -0.15) is 0 Å². The summed E-state index contributed by atoms with van der Waals surface area (Å²) in [5, 5.41) is 0. The zero-order valence-corrected chi connectivity index (χ0v) is 15.6. The van der Waals surface area contributed by atoms with Crippen LogP contribution in [0.1, 0.15) is 62.3 Å². The molecule has 0 nitrogen and oxygen atoms in total. The van der Waals surface area contributed by atoms with E-state index < -0.39 is 0 Å². The average molecular weight is 298 g/mol. The van der Waals surface area contributed by atoms with E-state index in [9.17, 15) is 0 Å². The minimum Gasteiger partial charge on any atom is -0.270 e. The van der Waals surface area contributed by atoms with Gasteiger partial charge < -0.3 is 0 Å². The molecule has 0 unspecified atom stereocenters. The van der Waals surface area contributed by atoms with E-state index in [0.29, 0.717) is 0 Å². The monoisotopic (exact) mass is 298 g/mol. The van der Waals surface area contributed by atoms with E-state index >= 15 is 0 Å². The fourth-order valence-corrected chi connectivity index (χ4v) is 0.667. The van der Waals surface area contributed by atoms with Crippen molar-refractivity contribution in [2.24, 2.45) is 10.8 Å². The third kappa shape index (κ3) is 14.6. The van der Waals surface area contributed by atoms with Crippen LogP contribution in [0, 0.1) is 16.9 Å². The molecule has 1 radical (unpaired) electrons. The van der Waals surface area contributed by atoms with Gasteiger partial charge in [-0.25, -0.2) is 12.2 Å². The molecule has 0 rings (SSSR count). The Labute approximate surface area is 129 Å². The summed E-state index contributed by atoms with van der Waals surface area (Å²) in [6.07, 6.45) is 7.52. The normalized spacial score (nSPS) is 12.9. The third-order valence-corrected chi connectivity index (χ3v) is 2.03. The molecular weight excluding hydrogens is 269 g/mol. The summed E-state index contributed by atoms with van der Waals surface area (Å²) < 4.78 is 0. The van der Waals surface area contributed by atoms with Crippen LogP contribution in [0.2, 0.25) is 0 Å². The van der Waals surface area contributed by atoms with E-state index in [1.165, 1.54) is 5.57 Å². The molecule has 0 heterocycles. The van der Waals surface area contributed by atoms with Crippen molar-refractivity contribution in [3.63, 3.8) is 0 Å². The summed E-state index contributed by atoms with van der Waals surface area (Å²) in [7, 11) is 0. The Morgan fingerprint density at radius 2 is 1.31 bits per heavy atom. The maximum absolute atomic E-state index is 3.32. The maximum atomic E-state index is 3.32. The van der Waals surface area contributed by atoms with E-state index in [4.69, 9.17) is 0 Å². The summed E-state index contributed by atoms with van der Waals surface area (Å²) in [6, 6.07) is 0. The molecule has 1 heteroatoms. The molecule has 0 aromatic heterocycles. The Morgan fingerprint density at radius 1 is 0.938 bits per heavy atom. The number of allylic oxidation sites excluding steroid dienone is 4. The molecule has 0 saturated carbocycles. The first kappa shape index (κ1) is 21.8. The molecular formula is C15H29Y-. The van der Waals surface area contributed by atoms with Crippen molar-refractivity contribution >= 4 is 0 Å². The first-order chi connectivity index (χ1) is 6.63. The van der Waals surface area contributed by atoms with Crippen molar-refractivity contribution in [3.05, 3.63) is 23.8 Å². The molecule has 0 aliphatic rings. The van der Waals surface area contributed by atoms with Gasteiger partial charge in [-0.05, 0) is 5.41 Å². The van der Waals surface area contributed by atoms with Crippen LogP contribution in [-0.2, 0) is 32.7 Å². The SMILES string of the molecule is C/C(=C/C=[C-]C(C)(C)C)C(C)(C)C.CC.[Y]. The van der Waals surface area contributed by atoms with Crippen molar-refractivity contribution in [2.45, 2.75) is 62.3 Å². The standard InChI is InChI=1S/C13H23.C2H6.Y/c1-11(13(5,6)7)9-8-10-12(2,3)4;1-2;/h8-9H,1-7H3;1-2H3;/q-1;;/b11-9-;;. The van der Waals surface area contributed by atoms with Crippen molar-refractivity contribution in [1.82, 2.24) is 0 Å². The van der Waals surface area contributed by atoms with Crippen molar-refractivity contribution < 1.29 is 32.7 Å². The van der Waals surface area contributed by atoms with Crippen molar-refractivity contribution in [2.75, 3.05) is 0 Å². The molecule has 0 spiro atoms. The Balaban J connectivity index is -0.000000529. The second-order valence-electron chi connectivity index (χ2n) is 5.66. The summed E-state index contributed by atoms with van der Waals surface area (Å²) >= 11 is 0. The predicted octanol–water partition coefficient (Wildman–Crippen LogP) is 5.41. The Morgan fingerprint density at radius 3 is 1.56 bits per heavy atom. The summed E-state index contributed by atoms with van der Waals surface area (Å²) in [6.45, 7) is 19.3. The molecule has 16 heavy (non-hydrogen) atoms. The van der Waals surface area contributed by atoms with Gasteiger partial charge in [-0.3, -0.25) is 6.08 Å². The molecule has 0 aliphatic heterocycles. The number of rotatable bonds is 1. The van der Waals surface area contributed by atoms with Gasteiger partial charge in [0.2, 0.25) is 0 Å². The van der Waals surface area contributed by atoms with Crippen LogP contribution < -0.4 is 0 Å². The quantitative estimate of drug-likeness (QED) is 0.448. The van der Waals surface area contributed by atoms with E-state index in [0.717, 1.165) is 0 Å². The van der Waals surface area contributed by atoms with E-state index in [-0.39, 0.29) is 43.5 Å². The van der Waals surface area contributed by atoms with Gasteiger partial charge in [0.25, 0.3) is 0 Å². The van der Waals surface area contributed by atoms with Crippen LogP contribution in [0.25, 0.3) is 0 Å². The molecule has 0 N–H and O–H groups in total. The first-order valence-corrected chi connectivity index (χ1v) is 5.91. The predicted molar refractivity (Wildman–Crippen MR) is 71.8 cm³/mol. The molecule has 0 aliphatic carbocycles. The van der Waals surface area contributed by atoms with Crippen LogP contribution in [0.15, 0.2) is 17.7 Å². The van der Waals surface area contributed by atoms with Crippen LogP contribution >= 0.6 is 0 Å². The van der Waals surface area contributed by atoms with E-state index in [2.05, 4.69) is 60.6 Å². The van der Waals surface area contributed by atoms with Gasteiger partial charge in [0, 0.05) is 32.7 Å². The summed E-state index contributed by atoms with van der Waals surface area (Å²) in [5.41, 5.74) is 1.83. The van der Waals surface area contributed by atoms with Gasteiger partial charge in [0.15, 0.2) is 0 Å². The van der Waals surface area contributed by atoms with E-state index in [1.54, 1.807) is 0 Å². The van der Waals surface area contributed by atoms with Gasteiger partial charge in [-0.15, -0.1) is 5.57 Å². The van der Waals surface area contributed by atoms with Gasteiger partial charge in [0.1, 0.15) is 0 Å². The fourth-order valence-electron chi connectivity index (χ4n) is 0.667. The Bertz CT molecular complexity index is 209. The smallest absolute Gasteiger partial charge is 0 e. The Kier molecular flexibility index (Phi) is 13.1. The zero-order chi connectivity index (χ0) is 12.7. The molecule has 0 aromatic rings. The van der Waals surface area contributed by atoms with Crippen molar-refractivity contribution in [1.29, 1.82) is 0 Å². The minimum absolute atomic E-state index is 0. The second-order valence-corrected chi connectivity index (χ2v) is 5.66. The number of hydrogen-bond acceptors (Lipinski definition) is 0. The first-order valence-electron chi connectivity index (χ1n) is 5.91. The Hall–Kier alpha value is 0.584. The third-order valence-electron chi connectivity index (χ3n) is 2.03. The van der Waals surface area contributed by atoms with E-state index in [1.807, 2.05) is 19.9 Å². The molecule has 0 saturated heterocycles. The fraction of sp³-hybridized carbons (Fsp3) is 0.733. The molecule has 0 bridgehead atoms. The van der Waals surface area contributed by atoms with Crippen LogP contribution in [0.5, 0.6) is 0 Å². The molecule has 0 fully saturated rings. The molecule has 0 aromatic carbocycles. The van der Waals surface area contributed by atoms with Crippen molar-refractivity contribution in [3.8, 4) is 0 Å². The van der Waals surface area contributed by atoms with Crippen LogP contribution in [-0.4, -0.2) is 0 Å². The molecule has 0 amide bonds. The topological polar surface area (TPSA) is 0 Å². The van der Waals surface area contributed by atoms with Gasteiger partial charge in [0.05, 0.1) is 0 Å². The van der Waals surface area contributed by atoms with Crippen LogP contribution in [0.4, 0.5) is 0 Å². The molecule has 0 atom stereocenters. The minimum atomic E-state index is 0. The van der Waals surface area contributed by atoms with Gasteiger partial charge >= 0.3 is 0 Å². The average Bonchev–Trinajstić information content (AvgIpc) is 2.04. The maximum Gasteiger partial charge on any atom is 0 e. The largest absolute Gasteiger partial charge is 0.270 e. The molecule has 93 valence electrons. The zero-order valence-electron chi connectivity index (χ0n) is 12.7. The van der Waals surface area contributed by atoms with Gasteiger partial charge in [-0.1, -0.05) is 67.7 Å². The summed E-state index contributed by atoms with van der Waals surface area (Å²) in [5.74, 6) is 0. The second kappa shape index (κ2) is 9.60.